The van der Waals surface area contributed by atoms with Crippen LogP contribution in [0.1, 0.15) is 13.8 Å². The number of nitrogens with two attached hydrogens (primary N) is 1. The van der Waals surface area contributed by atoms with Crippen molar-refractivity contribution in [3.8, 4) is 0 Å². The number of benzene rings is 1. The number of fused-ring (bicyclic) bond motifs is 1. The second-order valence-electron chi connectivity index (χ2n) is 4.93. The molecule has 102 valence electrons. The number of nitrogen functional groups attached to an aromatic ring is 1. The molecule has 0 aliphatic carbocycles. The SMILES string of the molecule is CC1SCCN(c2cc3[nH]c(=O)oc3cc2N)C1C. The molecule has 1 aliphatic rings. The number of aromatic nitrogens is 1. The molecule has 2 unspecified atom stereocenters. The second kappa shape index (κ2) is 4.52. The van der Waals surface area contributed by atoms with Crippen LogP contribution in [0.5, 0.6) is 0 Å². The van der Waals surface area contributed by atoms with Crippen molar-refractivity contribution in [3.05, 3.63) is 22.7 Å². The lowest BCUT2D eigenvalue weighted by Crippen LogP contribution is -2.45. The topological polar surface area (TPSA) is 75.3 Å². The van der Waals surface area contributed by atoms with Crippen molar-refractivity contribution in [2.45, 2.75) is 25.1 Å². The molecule has 0 saturated carbocycles. The maximum atomic E-state index is 11.2. The molecule has 2 heterocycles. The van der Waals surface area contributed by atoms with E-state index in [1.165, 1.54) is 0 Å². The summed E-state index contributed by atoms with van der Waals surface area (Å²) < 4.78 is 5.03. The van der Waals surface area contributed by atoms with Crippen LogP contribution < -0.4 is 16.4 Å². The maximum Gasteiger partial charge on any atom is 0.417 e. The first-order valence-corrected chi connectivity index (χ1v) is 7.41. The van der Waals surface area contributed by atoms with Gasteiger partial charge in [0.15, 0.2) is 5.58 Å². The van der Waals surface area contributed by atoms with E-state index in [9.17, 15) is 4.79 Å². The van der Waals surface area contributed by atoms with Crippen LogP contribution in [0.15, 0.2) is 21.3 Å². The maximum absolute atomic E-state index is 11.2. The number of nitrogens with zero attached hydrogens (tertiary/aromatic N) is 1. The minimum atomic E-state index is -0.442. The smallest absolute Gasteiger partial charge is 0.408 e. The summed E-state index contributed by atoms with van der Waals surface area (Å²) in [6.07, 6.45) is 0. The van der Waals surface area contributed by atoms with E-state index in [0.717, 1.165) is 18.0 Å². The Labute approximate surface area is 115 Å². The van der Waals surface area contributed by atoms with Crippen LogP contribution in [0, 0.1) is 0 Å². The Kier molecular flexibility index (Phi) is 2.97. The highest BCUT2D eigenvalue weighted by Gasteiger charge is 2.27. The Morgan fingerprint density at radius 3 is 3.05 bits per heavy atom. The average molecular weight is 279 g/mol. The Morgan fingerprint density at radius 2 is 2.26 bits per heavy atom. The molecular formula is C13H17N3O2S. The minimum Gasteiger partial charge on any atom is -0.408 e. The standard InChI is InChI=1S/C13H17N3O2S/c1-7-8(2)19-4-3-16(7)11-6-10-12(5-9(11)14)18-13(17)15-10/h5-8H,3-4,14H2,1-2H3,(H,15,17). The van der Waals surface area contributed by atoms with Crippen molar-refractivity contribution >= 4 is 34.2 Å². The van der Waals surface area contributed by atoms with Gasteiger partial charge in [0.25, 0.3) is 0 Å². The van der Waals surface area contributed by atoms with E-state index >= 15 is 0 Å². The predicted octanol–water partition coefficient (Wildman–Crippen LogP) is 2.03. The van der Waals surface area contributed by atoms with Gasteiger partial charge in [-0.15, -0.1) is 0 Å². The number of aromatic amines is 1. The van der Waals surface area contributed by atoms with Crippen LogP contribution in [0.4, 0.5) is 11.4 Å². The number of oxazole rings is 1. The van der Waals surface area contributed by atoms with E-state index in [1.807, 2.05) is 17.8 Å². The molecule has 1 fully saturated rings. The number of rotatable bonds is 1. The van der Waals surface area contributed by atoms with Crippen LogP contribution in [0.2, 0.25) is 0 Å². The highest BCUT2D eigenvalue weighted by molar-refractivity contribution is 8.00. The summed E-state index contributed by atoms with van der Waals surface area (Å²) in [7, 11) is 0. The Bertz CT molecular complexity index is 663. The van der Waals surface area contributed by atoms with Crippen molar-refractivity contribution < 1.29 is 4.42 Å². The fourth-order valence-electron chi connectivity index (χ4n) is 2.52. The van der Waals surface area contributed by atoms with Gasteiger partial charge in [0, 0.05) is 29.7 Å². The van der Waals surface area contributed by atoms with E-state index < -0.39 is 5.76 Å². The largest absolute Gasteiger partial charge is 0.417 e. The van der Waals surface area contributed by atoms with E-state index in [4.69, 9.17) is 10.2 Å². The van der Waals surface area contributed by atoms with Crippen LogP contribution in [-0.2, 0) is 0 Å². The Morgan fingerprint density at radius 1 is 1.47 bits per heavy atom. The zero-order valence-corrected chi connectivity index (χ0v) is 11.8. The first-order valence-electron chi connectivity index (χ1n) is 6.37. The highest BCUT2D eigenvalue weighted by atomic mass is 32.2. The first kappa shape index (κ1) is 12.5. The number of H-pyrrole nitrogens is 1. The van der Waals surface area contributed by atoms with Crippen molar-refractivity contribution in [2.24, 2.45) is 0 Å². The summed E-state index contributed by atoms with van der Waals surface area (Å²) in [5.74, 6) is 0.646. The third-order valence-electron chi connectivity index (χ3n) is 3.76. The average Bonchev–Trinajstić information content (AvgIpc) is 2.71. The Hall–Kier alpha value is -1.56. The molecule has 0 bridgehead atoms. The summed E-state index contributed by atoms with van der Waals surface area (Å²) >= 11 is 1.98. The minimum absolute atomic E-state index is 0.414. The van der Waals surface area contributed by atoms with Crippen molar-refractivity contribution in [3.63, 3.8) is 0 Å². The van der Waals surface area contributed by atoms with Crippen molar-refractivity contribution in [2.75, 3.05) is 22.9 Å². The molecule has 19 heavy (non-hydrogen) atoms. The number of thioether (sulfide) groups is 1. The monoisotopic (exact) mass is 279 g/mol. The van der Waals surface area contributed by atoms with Gasteiger partial charge in [-0.1, -0.05) is 6.92 Å². The normalized spacial score (nSPS) is 24.0. The number of anilines is 2. The lowest BCUT2D eigenvalue weighted by atomic mass is 10.1. The first-order chi connectivity index (χ1) is 9.06. The lowest BCUT2D eigenvalue weighted by molar-refractivity contribution is 0.555. The summed E-state index contributed by atoms with van der Waals surface area (Å²) in [5.41, 5.74) is 8.95. The fourth-order valence-corrected chi connectivity index (χ4v) is 3.62. The van der Waals surface area contributed by atoms with Crippen molar-refractivity contribution in [1.29, 1.82) is 0 Å². The van der Waals surface area contributed by atoms with Crippen LogP contribution in [-0.4, -0.2) is 28.6 Å². The molecule has 0 spiro atoms. The highest BCUT2D eigenvalue weighted by Crippen LogP contribution is 2.34. The molecule has 2 aromatic rings. The summed E-state index contributed by atoms with van der Waals surface area (Å²) in [6, 6.07) is 4.05. The van der Waals surface area contributed by atoms with Gasteiger partial charge in [-0.3, -0.25) is 4.98 Å². The van der Waals surface area contributed by atoms with E-state index in [2.05, 4.69) is 23.7 Å². The third kappa shape index (κ3) is 2.10. The molecular weight excluding hydrogens is 262 g/mol. The van der Waals surface area contributed by atoms with Gasteiger partial charge < -0.3 is 15.1 Å². The molecule has 6 heteroatoms. The number of nitrogens with one attached hydrogen (secondary N) is 1. The molecule has 0 amide bonds. The van der Waals surface area contributed by atoms with Gasteiger partial charge in [-0.25, -0.2) is 4.79 Å². The quantitative estimate of drug-likeness (QED) is 0.781. The number of hydrogen-bond acceptors (Lipinski definition) is 5. The zero-order chi connectivity index (χ0) is 13.6. The van der Waals surface area contributed by atoms with Crippen LogP contribution >= 0.6 is 11.8 Å². The molecule has 1 aromatic carbocycles. The summed E-state index contributed by atoms with van der Waals surface area (Å²) in [5, 5.41) is 0.562. The second-order valence-corrected chi connectivity index (χ2v) is 6.42. The molecule has 0 radical (unpaired) electrons. The predicted molar refractivity (Wildman–Crippen MR) is 80.0 cm³/mol. The molecule has 3 rings (SSSR count). The van der Waals surface area contributed by atoms with Crippen LogP contribution in [0.25, 0.3) is 11.1 Å². The van der Waals surface area contributed by atoms with E-state index in [0.29, 0.717) is 28.1 Å². The molecule has 1 aromatic heterocycles. The fraction of sp³-hybridized carbons (Fsp3) is 0.462. The van der Waals surface area contributed by atoms with Gasteiger partial charge in [0.2, 0.25) is 0 Å². The van der Waals surface area contributed by atoms with Gasteiger partial charge in [-0.05, 0) is 13.0 Å². The molecule has 5 nitrogen and oxygen atoms in total. The summed E-state index contributed by atoms with van der Waals surface area (Å²) in [4.78, 5) is 16.2. The molecule has 2 atom stereocenters. The summed E-state index contributed by atoms with van der Waals surface area (Å²) in [6.45, 7) is 5.41. The molecule has 1 aliphatic heterocycles. The third-order valence-corrected chi connectivity index (χ3v) is 5.10. The Balaban J connectivity index is 2.08. The molecule has 1 saturated heterocycles. The van der Waals surface area contributed by atoms with Crippen LogP contribution in [0.3, 0.4) is 0 Å². The van der Waals surface area contributed by atoms with Gasteiger partial charge in [0.1, 0.15) is 0 Å². The van der Waals surface area contributed by atoms with Gasteiger partial charge >= 0.3 is 5.76 Å². The number of hydrogen-bond donors (Lipinski definition) is 2. The lowest BCUT2D eigenvalue weighted by Gasteiger charge is -2.39. The van der Waals surface area contributed by atoms with E-state index in [-0.39, 0.29) is 0 Å². The van der Waals surface area contributed by atoms with Gasteiger partial charge in [-0.2, -0.15) is 11.8 Å². The molecule has 3 N–H and O–H groups in total. The van der Waals surface area contributed by atoms with E-state index in [1.54, 1.807) is 6.07 Å². The van der Waals surface area contributed by atoms with Gasteiger partial charge in [0.05, 0.1) is 16.9 Å². The van der Waals surface area contributed by atoms with Crippen molar-refractivity contribution in [1.82, 2.24) is 4.98 Å². The zero-order valence-electron chi connectivity index (χ0n) is 11.0.